The fourth-order valence-electron chi connectivity index (χ4n) is 2.35. The van der Waals surface area contributed by atoms with E-state index in [1.54, 1.807) is 75.4 Å². The molecule has 0 bridgehead atoms. The van der Waals surface area contributed by atoms with E-state index < -0.39 is 11.7 Å². The first-order chi connectivity index (χ1) is 13.3. The lowest BCUT2D eigenvalue weighted by Gasteiger charge is -2.18. The number of amides is 1. The van der Waals surface area contributed by atoms with Crippen molar-refractivity contribution in [3.8, 4) is 5.75 Å². The largest absolute Gasteiger partial charge is 0.460 e. The van der Waals surface area contributed by atoms with Gasteiger partial charge in [-0.1, -0.05) is 36.4 Å². The van der Waals surface area contributed by atoms with Crippen LogP contribution in [0.25, 0.3) is 6.08 Å². The van der Waals surface area contributed by atoms with Gasteiger partial charge in [-0.15, -0.1) is 0 Å². The van der Waals surface area contributed by atoms with Gasteiger partial charge in [-0.05, 0) is 50.6 Å². The monoisotopic (exact) mass is 383 g/mol. The Balaban J connectivity index is 2.09. The molecule has 0 radical (unpaired) electrons. The van der Waals surface area contributed by atoms with Crippen LogP contribution < -0.4 is 10.1 Å². The molecule has 6 heteroatoms. The highest BCUT2D eigenvalue weighted by Crippen LogP contribution is 2.23. The zero-order valence-electron chi connectivity index (χ0n) is 16.3. The average Bonchev–Trinajstić information content (AvgIpc) is 2.62. The minimum atomic E-state index is -0.634. The lowest BCUT2D eigenvalue weighted by molar-refractivity contribution is -0.153. The molecule has 0 saturated carbocycles. The van der Waals surface area contributed by atoms with Crippen LogP contribution in [0.1, 0.15) is 38.3 Å². The van der Waals surface area contributed by atoms with Crippen LogP contribution in [0.4, 0.5) is 10.5 Å². The Bertz CT molecular complexity index is 838. The SMILES string of the molecule is CC(C)(C)OC(=O)C/C=C/c1cc(CO)ccc1OC(=O)Nc1ccccc1. The highest BCUT2D eigenvalue weighted by Gasteiger charge is 2.15. The van der Waals surface area contributed by atoms with Gasteiger partial charge in [-0.25, -0.2) is 4.79 Å². The van der Waals surface area contributed by atoms with E-state index in [1.165, 1.54) is 0 Å². The zero-order chi connectivity index (χ0) is 20.6. The molecule has 0 spiro atoms. The van der Waals surface area contributed by atoms with Gasteiger partial charge in [0, 0.05) is 11.3 Å². The molecule has 28 heavy (non-hydrogen) atoms. The number of esters is 1. The van der Waals surface area contributed by atoms with E-state index in [9.17, 15) is 14.7 Å². The minimum Gasteiger partial charge on any atom is -0.460 e. The number of aliphatic hydroxyl groups excluding tert-OH is 1. The van der Waals surface area contributed by atoms with Crippen LogP contribution >= 0.6 is 0 Å². The van der Waals surface area contributed by atoms with Crippen molar-refractivity contribution in [1.82, 2.24) is 0 Å². The van der Waals surface area contributed by atoms with Crippen LogP contribution in [0, 0.1) is 0 Å². The summed E-state index contributed by atoms with van der Waals surface area (Å²) in [4.78, 5) is 24.0. The second-order valence-electron chi connectivity index (χ2n) is 7.10. The molecule has 0 saturated heterocycles. The van der Waals surface area contributed by atoms with Gasteiger partial charge in [0.2, 0.25) is 0 Å². The van der Waals surface area contributed by atoms with Gasteiger partial charge in [0.05, 0.1) is 13.0 Å². The van der Waals surface area contributed by atoms with E-state index >= 15 is 0 Å². The fourth-order valence-corrected chi connectivity index (χ4v) is 2.35. The Labute approximate surface area is 164 Å². The summed E-state index contributed by atoms with van der Waals surface area (Å²) in [6.07, 6.45) is 2.74. The van der Waals surface area contributed by atoms with E-state index in [2.05, 4.69) is 5.32 Å². The summed E-state index contributed by atoms with van der Waals surface area (Å²) in [6.45, 7) is 5.26. The first kappa shape index (κ1) is 21.2. The number of anilines is 1. The average molecular weight is 383 g/mol. The van der Waals surface area contributed by atoms with Gasteiger partial charge in [0.1, 0.15) is 11.4 Å². The van der Waals surface area contributed by atoms with Gasteiger partial charge < -0.3 is 14.6 Å². The Morgan fingerprint density at radius 1 is 1.11 bits per heavy atom. The highest BCUT2D eigenvalue weighted by molar-refractivity contribution is 5.87. The van der Waals surface area contributed by atoms with Gasteiger partial charge >= 0.3 is 12.1 Å². The van der Waals surface area contributed by atoms with Gasteiger partial charge in [-0.3, -0.25) is 10.1 Å². The molecule has 0 aromatic heterocycles. The van der Waals surface area contributed by atoms with Crippen molar-refractivity contribution in [2.24, 2.45) is 0 Å². The van der Waals surface area contributed by atoms with Crippen LogP contribution in [-0.2, 0) is 16.1 Å². The lowest BCUT2D eigenvalue weighted by Crippen LogP contribution is -2.23. The molecule has 1 amide bonds. The first-order valence-electron chi connectivity index (χ1n) is 8.93. The van der Waals surface area contributed by atoms with Crippen molar-refractivity contribution in [2.45, 2.75) is 39.4 Å². The molecule has 0 fully saturated rings. The second-order valence-corrected chi connectivity index (χ2v) is 7.10. The Hall–Kier alpha value is -3.12. The normalized spacial score (nSPS) is 11.3. The molecule has 2 rings (SSSR count). The van der Waals surface area contributed by atoms with Crippen LogP contribution in [0.15, 0.2) is 54.6 Å². The van der Waals surface area contributed by atoms with E-state index in [4.69, 9.17) is 9.47 Å². The number of aliphatic hydroxyl groups is 1. The number of benzene rings is 2. The molecule has 2 aromatic rings. The molecule has 0 aliphatic rings. The number of carbonyl (C=O) groups is 2. The van der Waals surface area contributed by atoms with Crippen molar-refractivity contribution >= 4 is 23.8 Å². The number of rotatable bonds is 6. The second kappa shape index (κ2) is 9.71. The molecule has 0 unspecified atom stereocenters. The predicted molar refractivity (Wildman–Crippen MR) is 108 cm³/mol. The van der Waals surface area contributed by atoms with Crippen molar-refractivity contribution in [1.29, 1.82) is 0 Å². The van der Waals surface area contributed by atoms with Crippen molar-refractivity contribution in [3.05, 3.63) is 65.7 Å². The summed E-state index contributed by atoms with van der Waals surface area (Å²) in [5, 5.41) is 12.0. The minimum absolute atomic E-state index is 0.0796. The summed E-state index contributed by atoms with van der Waals surface area (Å²) in [6, 6.07) is 13.9. The maximum Gasteiger partial charge on any atom is 0.417 e. The summed E-state index contributed by atoms with van der Waals surface area (Å²) in [5.74, 6) is -0.0441. The maximum absolute atomic E-state index is 12.1. The molecule has 2 aromatic carbocycles. The van der Waals surface area contributed by atoms with Crippen LogP contribution in [0.5, 0.6) is 5.75 Å². The third kappa shape index (κ3) is 7.25. The van der Waals surface area contributed by atoms with Gasteiger partial charge in [0.25, 0.3) is 0 Å². The molecule has 0 atom stereocenters. The molecule has 0 heterocycles. The topological polar surface area (TPSA) is 84.9 Å². The Morgan fingerprint density at radius 3 is 2.46 bits per heavy atom. The smallest absolute Gasteiger partial charge is 0.417 e. The summed E-state index contributed by atoms with van der Waals surface area (Å²) >= 11 is 0. The lowest BCUT2D eigenvalue weighted by atomic mass is 10.1. The third-order valence-corrected chi connectivity index (χ3v) is 3.48. The molecule has 6 nitrogen and oxygen atoms in total. The molecular weight excluding hydrogens is 358 g/mol. The summed E-state index contributed by atoms with van der Waals surface area (Å²) in [7, 11) is 0. The van der Waals surface area contributed by atoms with E-state index in [-0.39, 0.29) is 19.0 Å². The number of hydrogen-bond donors (Lipinski definition) is 2. The molecular formula is C22H25NO5. The Morgan fingerprint density at radius 2 is 1.82 bits per heavy atom. The molecule has 148 valence electrons. The fraction of sp³-hybridized carbons (Fsp3) is 0.273. The predicted octanol–water partition coefficient (Wildman–Crippen LogP) is 4.53. The number of carbonyl (C=O) groups excluding carboxylic acids is 2. The maximum atomic E-state index is 12.1. The number of ether oxygens (including phenoxy) is 2. The van der Waals surface area contributed by atoms with E-state index in [0.717, 1.165) is 0 Å². The van der Waals surface area contributed by atoms with Crippen molar-refractivity contribution in [3.63, 3.8) is 0 Å². The standard InChI is InChI=1S/C22H25NO5/c1-22(2,3)28-20(25)11-7-8-17-14-16(15-24)12-13-19(17)27-21(26)23-18-9-5-4-6-10-18/h4-10,12-14,24H,11,15H2,1-3H3,(H,23,26)/b8-7+. The molecule has 0 aliphatic heterocycles. The van der Waals surface area contributed by atoms with Gasteiger partial charge in [-0.2, -0.15) is 0 Å². The number of para-hydroxylation sites is 1. The van der Waals surface area contributed by atoms with Crippen molar-refractivity contribution in [2.75, 3.05) is 5.32 Å². The highest BCUT2D eigenvalue weighted by atomic mass is 16.6. The van der Waals surface area contributed by atoms with Crippen LogP contribution in [0.2, 0.25) is 0 Å². The van der Waals surface area contributed by atoms with E-state index in [1.807, 2.05) is 6.07 Å². The summed E-state index contributed by atoms with van der Waals surface area (Å²) < 4.78 is 10.6. The zero-order valence-corrected chi connectivity index (χ0v) is 16.3. The van der Waals surface area contributed by atoms with E-state index in [0.29, 0.717) is 22.6 Å². The first-order valence-corrected chi connectivity index (χ1v) is 8.93. The molecule has 2 N–H and O–H groups in total. The summed E-state index contributed by atoms with van der Waals surface area (Å²) in [5.41, 5.74) is 1.29. The van der Waals surface area contributed by atoms with Crippen LogP contribution in [0.3, 0.4) is 0 Å². The van der Waals surface area contributed by atoms with Crippen LogP contribution in [-0.4, -0.2) is 22.8 Å². The number of hydrogen-bond acceptors (Lipinski definition) is 5. The van der Waals surface area contributed by atoms with Gasteiger partial charge in [0.15, 0.2) is 0 Å². The third-order valence-electron chi connectivity index (χ3n) is 3.48. The Kier molecular flexibility index (Phi) is 7.35. The quantitative estimate of drug-likeness (QED) is 0.716. The molecule has 0 aliphatic carbocycles. The number of nitrogens with one attached hydrogen (secondary N) is 1. The van der Waals surface area contributed by atoms with Crippen molar-refractivity contribution < 1.29 is 24.2 Å².